The fraction of sp³-hybridized carbons (Fsp3) is 0.364. The van der Waals surface area contributed by atoms with Crippen molar-refractivity contribution in [3.05, 3.63) is 59.7 Å². The molecule has 0 bridgehead atoms. The van der Waals surface area contributed by atoms with Crippen LogP contribution >= 0.6 is 0 Å². The number of aromatic nitrogens is 3. The van der Waals surface area contributed by atoms with Crippen molar-refractivity contribution in [1.82, 2.24) is 20.0 Å². The van der Waals surface area contributed by atoms with E-state index in [9.17, 15) is 5.26 Å². The Labute approximate surface area is 169 Å². The van der Waals surface area contributed by atoms with Crippen LogP contribution < -0.4 is 4.90 Å². The van der Waals surface area contributed by atoms with Crippen molar-refractivity contribution in [3.8, 4) is 17.4 Å². The number of nitriles is 1. The number of aryl methyl sites for hydroxylation is 1. The summed E-state index contributed by atoms with van der Waals surface area (Å²) in [5, 5.41) is 13.7. The first-order valence-electron chi connectivity index (χ1n) is 9.98. The van der Waals surface area contributed by atoms with Crippen LogP contribution in [0, 0.1) is 18.3 Å². The molecule has 0 radical (unpaired) electrons. The van der Waals surface area contributed by atoms with Crippen molar-refractivity contribution in [2.75, 3.05) is 24.5 Å². The minimum Gasteiger partial charge on any atom is -0.356 e. The van der Waals surface area contributed by atoms with Crippen molar-refractivity contribution in [2.45, 2.75) is 31.8 Å². The molecule has 146 valence electrons. The summed E-state index contributed by atoms with van der Waals surface area (Å²) in [4.78, 5) is 13.3. The molecule has 3 aromatic rings. The van der Waals surface area contributed by atoms with E-state index in [1.54, 1.807) is 12.4 Å². The first-order chi connectivity index (χ1) is 14.2. The van der Waals surface area contributed by atoms with E-state index >= 15 is 0 Å². The van der Waals surface area contributed by atoms with E-state index < -0.39 is 0 Å². The average Bonchev–Trinajstić information content (AvgIpc) is 3.40. The molecule has 7 nitrogen and oxygen atoms in total. The lowest BCUT2D eigenvalue weighted by molar-refractivity contribution is 0.170. The van der Waals surface area contributed by atoms with E-state index in [1.807, 2.05) is 6.07 Å². The maximum atomic E-state index is 9.33. The predicted octanol–water partition coefficient (Wildman–Crippen LogP) is 3.34. The third-order valence-electron chi connectivity index (χ3n) is 5.96. The number of rotatable bonds is 3. The Balaban J connectivity index is 1.33. The van der Waals surface area contributed by atoms with Gasteiger partial charge in [0.05, 0.1) is 6.04 Å². The van der Waals surface area contributed by atoms with Gasteiger partial charge in [0.15, 0.2) is 17.3 Å². The quantitative estimate of drug-likeness (QED) is 0.683. The van der Waals surface area contributed by atoms with Crippen LogP contribution in [0.3, 0.4) is 0 Å². The number of hydrogen-bond acceptors (Lipinski definition) is 7. The highest BCUT2D eigenvalue weighted by atomic mass is 16.5. The Morgan fingerprint density at radius 2 is 2.03 bits per heavy atom. The predicted molar refractivity (Wildman–Crippen MR) is 108 cm³/mol. The Morgan fingerprint density at radius 3 is 2.90 bits per heavy atom. The van der Waals surface area contributed by atoms with Crippen LogP contribution in [0.4, 0.5) is 5.82 Å². The van der Waals surface area contributed by atoms with Crippen LogP contribution in [0.25, 0.3) is 11.3 Å². The monoisotopic (exact) mass is 386 g/mol. The lowest BCUT2D eigenvalue weighted by atomic mass is 10.1. The number of anilines is 1. The largest absolute Gasteiger partial charge is 0.356 e. The molecule has 0 aliphatic carbocycles. The molecule has 2 aliphatic rings. The van der Waals surface area contributed by atoms with E-state index in [1.165, 1.54) is 5.56 Å². The second kappa shape index (κ2) is 7.30. The maximum absolute atomic E-state index is 9.33. The summed E-state index contributed by atoms with van der Waals surface area (Å²) in [6.07, 6.45) is 5.38. The van der Waals surface area contributed by atoms with E-state index in [4.69, 9.17) is 4.52 Å². The van der Waals surface area contributed by atoms with E-state index in [0.717, 1.165) is 49.5 Å². The van der Waals surface area contributed by atoms with E-state index in [0.29, 0.717) is 17.6 Å². The highest BCUT2D eigenvalue weighted by molar-refractivity contribution is 5.58. The highest BCUT2D eigenvalue weighted by Gasteiger charge is 2.40. The molecule has 29 heavy (non-hydrogen) atoms. The van der Waals surface area contributed by atoms with Crippen LogP contribution in [0.5, 0.6) is 0 Å². The third kappa shape index (κ3) is 3.26. The molecule has 7 heteroatoms. The summed E-state index contributed by atoms with van der Waals surface area (Å²) in [5.41, 5.74) is 3.68. The summed E-state index contributed by atoms with van der Waals surface area (Å²) in [7, 11) is 0. The van der Waals surface area contributed by atoms with Crippen molar-refractivity contribution in [2.24, 2.45) is 0 Å². The molecule has 4 heterocycles. The summed E-state index contributed by atoms with van der Waals surface area (Å²) in [5.74, 6) is 1.52. The van der Waals surface area contributed by atoms with Crippen molar-refractivity contribution in [3.63, 3.8) is 0 Å². The minimum atomic E-state index is 0.279. The molecule has 2 aliphatic heterocycles. The lowest BCUT2D eigenvalue weighted by Crippen LogP contribution is -2.51. The van der Waals surface area contributed by atoms with Crippen LogP contribution in [0.1, 0.15) is 35.8 Å². The van der Waals surface area contributed by atoms with Crippen LogP contribution in [0.2, 0.25) is 0 Å². The average molecular weight is 386 g/mol. The molecular formula is C22H22N6O. The van der Waals surface area contributed by atoms with E-state index in [-0.39, 0.29) is 6.04 Å². The zero-order chi connectivity index (χ0) is 19.8. The molecule has 0 amide bonds. The fourth-order valence-corrected chi connectivity index (χ4v) is 4.58. The lowest BCUT2D eigenvalue weighted by Gasteiger charge is -2.40. The fourth-order valence-electron chi connectivity index (χ4n) is 4.58. The second-order valence-corrected chi connectivity index (χ2v) is 7.76. The van der Waals surface area contributed by atoms with Crippen LogP contribution in [0.15, 0.2) is 47.2 Å². The van der Waals surface area contributed by atoms with Crippen molar-refractivity contribution < 1.29 is 4.52 Å². The standard InChI is InChI=1S/C22H22N6O/c1-15-3-2-4-16(11-15)21-12-18(26-29-21)20-6-5-17-14-27(9-10-28(17)20)22-19(13-23)24-7-8-25-22/h2-4,7-8,11-12,17,20H,5-6,9-10,14H2,1H3/t17-,20+/m0/s1. The Hall–Kier alpha value is -3.24. The van der Waals surface area contributed by atoms with Gasteiger partial charge in [-0.25, -0.2) is 9.97 Å². The first kappa shape index (κ1) is 17.8. The van der Waals surface area contributed by atoms with Gasteiger partial charge in [0, 0.05) is 49.7 Å². The summed E-state index contributed by atoms with van der Waals surface area (Å²) in [6.45, 7) is 4.66. The molecule has 2 saturated heterocycles. The Kier molecular flexibility index (Phi) is 4.49. The number of fused-ring (bicyclic) bond motifs is 1. The van der Waals surface area contributed by atoms with Gasteiger partial charge in [-0.1, -0.05) is 28.9 Å². The van der Waals surface area contributed by atoms with Gasteiger partial charge in [0.1, 0.15) is 11.8 Å². The molecule has 2 atom stereocenters. The number of nitrogens with zero attached hydrogens (tertiary/aromatic N) is 6. The number of piperazine rings is 1. The van der Waals surface area contributed by atoms with Gasteiger partial charge in [0.2, 0.25) is 0 Å². The Morgan fingerprint density at radius 1 is 1.14 bits per heavy atom. The maximum Gasteiger partial charge on any atom is 0.183 e. The highest BCUT2D eigenvalue weighted by Crippen LogP contribution is 2.39. The van der Waals surface area contributed by atoms with Crippen molar-refractivity contribution >= 4 is 5.82 Å². The zero-order valence-electron chi connectivity index (χ0n) is 16.3. The normalized spacial score (nSPS) is 21.7. The SMILES string of the molecule is Cc1cccc(-c2cc([C@H]3CC[C@H]4CN(c5nccnc5C#N)CCN43)no2)c1. The molecular weight excluding hydrogens is 364 g/mol. The molecule has 0 spiro atoms. The smallest absolute Gasteiger partial charge is 0.183 e. The zero-order valence-corrected chi connectivity index (χ0v) is 16.3. The second-order valence-electron chi connectivity index (χ2n) is 7.76. The summed E-state index contributed by atoms with van der Waals surface area (Å²) < 4.78 is 5.68. The van der Waals surface area contributed by atoms with Crippen LogP contribution in [-0.4, -0.2) is 45.7 Å². The van der Waals surface area contributed by atoms with Gasteiger partial charge in [-0.15, -0.1) is 0 Å². The molecule has 0 N–H and O–H groups in total. The Bertz CT molecular complexity index is 1070. The first-order valence-corrected chi connectivity index (χ1v) is 9.98. The molecule has 0 saturated carbocycles. The summed E-state index contributed by atoms with van der Waals surface area (Å²) in [6, 6.07) is 13.2. The third-order valence-corrected chi connectivity index (χ3v) is 5.96. The van der Waals surface area contributed by atoms with Gasteiger partial charge in [0.25, 0.3) is 0 Å². The van der Waals surface area contributed by atoms with Gasteiger partial charge in [-0.3, -0.25) is 4.90 Å². The van der Waals surface area contributed by atoms with Gasteiger partial charge in [-0.05, 0) is 25.8 Å². The van der Waals surface area contributed by atoms with Crippen molar-refractivity contribution in [1.29, 1.82) is 5.26 Å². The molecule has 1 aromatic carbocycles. The molecule has 5 rings (SSSR count). The molecule has 2 fully saturated rings. The summed E-state index contributed by atoms with van der Waals surface area (Å²) >= 11 is 0. The van der Waals surface area contributed by atoms with E-state index in [2.05, 4.69) is 62.2 Å². The van der Waals surface area contributed by atoms with Crippen LogP contribution in [-0.2, 0) is 0 Å². The topological polar surface area (TPSA) is 82.1 Å². The minimum absolute atomic E-state index is 0.279. The number of hydrogen-bond donors (Lipinski definition) is 0. The number of benzene rings is 1. The molecule has 2 aromatic heterocycles. The van der Waals surface area contributed by atoms with Gasteiger partial charge >= 0.3 is 0 Å². The molecule has 0 unspecified atom stereocenters. The van der Waals surface area contributed by atoms with Gasteiger partial charge in [-0.2, -0.15) is 5.26 Å². The van der Waals surface area contributed by atoms with Gasteiger partial charge < -0.3 is 9.42 Å².